The fourth-order valence-corrected chi connectivity index (χ4v) is 2.77. The predicted molar refractivity (Wildman–Crippen MR) is 114 cm³/mol. The molecule has 0 heterocycles. The fourth-order valence-electron chi connectivity index (χ4n) is 2.46. The van der Waals surface area contributed by atoms with Gasteiger partial charge in [-0.1, -0.05) is 80.9 Å². The molecule has 0 saturated carbocycles. The van der Waals surface area contributed by atoms with Gasteiger partial charge in [0, 0.05) is 10.8 Å². The van der Waals surface area contributed by atoms with Gasteiger partial charge in [-0.15, -0.1) is 0 Å². The lowest BCUT2D eigenvalue weighted by atomic mass is 10.1. The fraction of sp³-hybridized carbons (Fsp3) is 0.950. The maximum Gasteiger partial charge on any atom is 0.305 e. The molecule has 0 aliphatic carbocycles. The van der Waals surface area contributed by atoms with Crippen molar-refractivity contribution in [3.8, 4) is 0 Å². The van der Waals surface area contributed by atoms with E-state index in [1.165, 1.54) is 44.9 Å². The number of unbranched alkanes of at least 4 members (excludes halogenated alkanes) is 8. The zero-order valence-corrected chi connectivity index (χ0v) is 18.8. The van der Waals surface area contributed by atoms with Crippen LogP contribution in [0.25, 0.3) is 0 Å². The molecule has 0 fully saturated rings. The van der Waals surface area contributed by atoms with Gasteiger partial charge in [-0.05, 0) is 6.42 Å². The topological polar surface area (TPSA) is 54.0 Å². The van der Waals surface area contributed by atoms with Gasteiger partial charge in [-0.25, -0.2) is 0 Å². The Kier molecular flexibility index (Phi) is 23.2. The van der Waals surface area contributed by atoms with Crippen molar-refractivity contribution in [3.63, 3.8) is 0 Å². The second-order valence-corrected chi connectivity index (χ2v) is 7.40. The summed E-state index contributed by atoms with van der Waals surface area (Å²) in [7, 11) is 0. The van der Waals surface area contributed by atoms with Gasteiger partial charge in [-0.3, -0.25) is 4.79 Å². The Morgan fingerprint density at radius 1 is 0.654 bits per heavy atom. The van der Waals surface area contributed by atoms with Crippen LogP contribution >= 0.6 is 22.6 Å². The average molecular weight is 486 g/mol. The summed E-state index contributed by atoms with van der Waals surface area (Å²) < 4.78 is 22.2. The normalized spacial score (nSPS) is 11.0. The van der Waals surface area contributed by atoms with E-state index in [4.69, 9.17) is 18.9 Å². The highest BCUT2D eigenvalue weighted by atomic mass is 127. The molecule has 5 nitrogen and oxygen atoms in total. The Bertz CT molecular complexity index is 289. The van der Waals surface area contributed by atoms with E-state index < -0.39 is 0 Å². The molecule has 0 amide bonds. The Labute approximate surface area is 174 Å². The highest BCUT2D eigenvalue weighted by Gasteiger charge is 2.02. The third kappa shape index (κ3) is 22.1. The van der Waals surface area contributed by atoms with Crippen molar-refractivity contribution in [2.45, 2.75) is 71.1 Å². The second-order valence-electron chi connectivity index (χ2n) is 6.32. The number of esters is 1. The maximum atomic E-state index is 11.6. The first-order chi connectivity index (χ1) is 12.8. The first kappa shape index (κ1) is 26.1. The summed E-state index contributed by atoms with van der Waals surface area (Å²) in [5.41, 5.74) is 0. The molecule has 6 heteroatoms. The number of rotatable bonds is 21. The minimum Gasteiger partial charge on any atom is -0.463 e. The molecular weight excluding hydrogens is 447 g/mol. The smallest absolute Gasteiger partial charge is 0.305 e. The van der Waals surface area contributed by atoms with Crippen molar-refractivity contribution in [2.75, 3.05) is 50.7 Å². The second kappa shape index (κ2) is 23.1. The van der Waals surface area contributed by atoms with Gasteiger partial charge in [0.25, 0.3) is 0 Å². The number of ether oxygens (including phenoxy) is 4. The van der Waals surface area contributed by atoms with E-state index in [1.54, 1.807) is 0 Å². The lowest BCUT2D eigenvalue weighted by Crippen LogP contribution is -2.14. The molecule has 156 valence electrons. The quantitative estimate of drug-likeness (QED) is 0.0997. The largest absolute Gasteiger partial charge is 0.463 e. The summed E-state index contributed by atoms with van der Waals surface area (Å²) in [4.78, 5) is 11.6. The van der Waals surface area contributed by atoms with E-state index in [-0.39, 0.29) is 5.97 Å². The Morgan fingerprint density at radius 3 is 1.65 bits per heavy atom. The standard InChI is InChI=1S/C20H39IO5/c1-2-3-4-5-6-7-8-9-10-11-20(22)26-19-18-25-17-16-24-15-14-23-13-12-21/h2-19H2,1H3. The zero-order valence-electron chi connectivity index (χ0n) is 16.6. The van der Waals surface area contributed by atoms with Gasteiger partial charge in [-0.2, -0.15) is 0 Å². The zero-order chi connectivity index (χ0) is 19.1. The van der Waals surface area contributed by atoms with Gasteiger partial charge in [0.1, 0.15) is 6.61 Å². The van der Waals surface area contributed by atoms with Gasteiger partial charge in [0.2, 0.25) is 0 Å². The van der Waals surface area contributed by atoms with Crippen molar-refractivity contribution < 1.29 is 23.7 Å². The monoisotopic (exact) mass is 486 g/mol. The van der Waals surface area contributed by atoms with Crippen LogP contribution in [-0.2, 0) is 23.7 Å². The average Bonchev–Trinajstić information content (AvgIpc) is 2.64. The lowest BCUT2D eigenvalue weighted by molar-refractivity contribution is -0.145. The van der Waals surface area contributed by atoms with Crippen molar-refractivity contribution in [1.29, 1.82) is 0 Å². The van der Waals surface area contributed by atoms with Crippen LogP contribution < -0.4 is 0 Å². The Hall–Kier alpha value is 0.0800. The molecule has 0 rings (SSSR count). The summed E-state index contributed by atoms with van der Waals surface area (Å²) in [6.45, 7) is 6.04. The van der Waals surface area contributed by atoms with Crippen LogP contribution in [0, 0.1) is 0 Å². The summed E-state index contributed by atoms with van der Waals surface area (Å²) in [5, 5.41) is 0. The van der Waals surface area contributed by atoms with Crippen LogP contribution in [-0.4, -0.2) is 56.6 Å². The highest BCUT2D eigenvalue weighted by molar-refractivity contribution is 14.1. The van der Waals surface area contributed by atoms with E-state index >= 15 is 0 Å². The Balaban J connectivity index is 3.13. The first-order valence-electron chi connectivity index (χ1n) is 10.3. The third-order valence-electron chi connectivity index (χ3n) is 3.94. The molecule has 0 saturated heterocycles. The molecule has 0 bridgehead atoms. The molecule has 0 aliphatic heterocycles. The molecule has 0 N–H and O–H groups in total. The van der Waals surface area contributed by atoms with Crippen LogP contribution in [0.4, 0.5) is 0 Å². The summed E-state index contributed by atoms with van der Waals surface area (Å²) in [6.07, 6.45) is 11.8. The van der Waals surface area contributed by atoms with Gasteiger partial charge in [0.05, 0.1) is 39.6 Å². The molecule has 0 spiro atoms. The Morgan fingerprint density at radius 2 is 1.12 bits per heavy atom. The van der Waals surface area contributed by atoms with Crippen molar-refractivity contribution >= 4 is 28.6 Å². The van der Waals surface area contributed by atoms with Crippen LogP contribution in [0.2, 0.25) is 0 Å². The number of carbonyl (C=O) groups is 1. The lowest BCUT2D eigenvalue weighted by Gasteiger charge is -2.07. The summed E-state index contributed by atoms with van der Waals surface area (Å²) >= 11 is 2.27. The molecule has 0 aromatic carbocycles. The molecular formula is C20H39IO5. The maximum absolute atomic E-state index is 11.6. The van der Waals surface area contributed by atoms with Crippen LogP contribution in [0.3, 0.4) is 0 Å². The van der Waals surface area contributed by atoms with E-state index in [0.29, 0.717) is 46.1 Å². The van der Waals surface area contributed by atoms with Crippen LogP contribution in [0.1, 0.15) is 71.1 Å². The minimum atomic E-state index is -0.111. The van der Waals surface area contributed by atoms with Gasteiger partial charge >= 0.3 is 5.97 Å². The van der Waals surface area contributed by atoms with Gasteiger partial charge in [0.15, 0.2) is 0 Å². The van der Waals surface area contributed by atoms with Crippen molar-refractivity contribution in [2.24, 2.45) is 0 Å². The van der Waals surface area contributed by atoms with Crippen molar-refractivity contribution in [1.82, 2.24) is 0 Å². The highest BCUT2D eigenvalue weighted by Crippen LogP contribution is 2.10. The van der Waals surface area contributed by atoms with Crippen LogP contribution in [0.5, 0.6) is 0 Å². The molecule has 0 atom stereocenters. The van der Waals surface area contributed by atoms with E-state index in [0.717, 1.165) is 23.9 Å². The summed E-state index contributed by atoms with van der Waals surface area (Å²) in [6, 6.07) is 0. The number of alkyl halides is 1. The van der Waals surface area contributed by atoms with E-state index in [9.17, 15) is 4.79 Å². The first-order valence-corrected chi connectivity index (χ1v) is 11.8. The number of halogens is 1. The predicted octanol–water partition coefficient (Wildman–Crippen LogP) is 4.94. The third-order valence-corrected chi connectivity index (χ3v) is 4.38. The van der Waals surface area contributed by atoms with E-state index in [2.05, 4.69) is 29.5 Å². The van der Waals surface area contributed by atoms with Crippen LogP contribution in [0.15, 0.2) is 0 Å². The van der Waals surface area contributed by atoms with Crippen molar-refractivity contribution in [3.05, 3.63) is 0 Å². The minimum absolute atomic E-state index is 0.111. The number of hydrogen-bond donors (Lipinski definition) is 0. The molecule has 0 aromatic heterocycles. The number of hydrogen-bond acceptors (Lipinski definition) is 5. The molecule has 0 radical (unpaired) electrons. The number of carbonyl (C=O) groups excluding carboxylic acids is 1. The summed E-state index contributed by atoms with van der Waals surface area (Å²) in [5.74, 6) is -0.111. The molecule has 26 heavy (non-hydrogen) atoms. The molecule has 0 aromatic rings. The molecule has 0 unspecified atom stereocenters. The SMILES string of the molecule is CCCCCCCCCCCC(=O)OCCOCCOCCOCCI. The molecule has 0 aliphatic rings. The van der Waals surface area contributed by atoms with E-state index in [1.807, 2.05) is 0 Å². The van der Waals surface area contributed by atoms with Gasteiger partial charge < -0.3 is 18.9 Å².